The molecule has 0 saturated carbocycles. The van der Waals surface area contributed by atoms with E-state index < -0.39 is 24.6 Å². The molecule has 0 aromatic heterocycles. The number of benzene rings is 1. The van der Waals surface area contributed by atoms with Crippen molar-refractivity contribution in [3.63, 3.8) is 0 Å². The molecule has 0 amide bonds. The first kappa shape index (κ1) is 13.7. The van der Waals surface area contributed by atoms with Gasteiger partial charge < -0.3 is 20.1 Å². The number of aliphatic hydroxyl groups excluding tert-OH is 3. The van der Waals surface area contributed by atoms with E-state index in [1.54, 1.807) is 0 Å². The summed E-state index contributed by atoms with van der Waals surface area (Å²) in [5.41, 5.74) is 1.95. The van der Waals surface area contributed by atoms with Gasteiger partial charge >= 0.3 is 0 Å². The van der Waals surface area contributed by atoms with Crippen molar-refractivity contribution in [3.05, 3.63) is 36.0 Å². The standard InChI is InChI=1S/C14H18NO5/c1-15(7-6-9-4-2-3-5-10(9)15)20-14-13(18)12(17)11(16)8-19-14/h2-7,11-14,16-18H,8H2,1H3/q+1/t11-,12-,13+,14-,15?/m1/s1. The Morgan fingerprint density at radius 2 is 1.95 bits per heavy atom. The molecule has 1 saturated heterocycles. The van der Waals surface area contributed by atoms with E-state index in [9.17, 15) is 15.3 Å². The van der Waals surface area contributed by atoms with Crippen LogP contribution in [0.1, 0.15) is 5.56 Å². The van der Waals surface area contributed by atoms with Crippen molar-refractivity contribution in [1.29, 1.82) is 0 Å². The molecule has 1 fully saturated rings. The lowest BCUT2D eigenvalue weighted by Gasteiger charge is -2.37. The number of ether oxygens (including phenoxy) is 1. The molecular formula is C14H18NO5+. The maximum absolute atomic E-state index is 9.94. The van der Waals surface area contributed by atoms with E-state index in [0.717, 1.165) is 11.3 Å². The Bertz CT molecular complexity index is 534. The van der Waals surface area contributed by atoms with E-state index in [1.807, 2.05) is 43.6 Å². The van der Waals surface area contributed by atoms with Gasteiger partial charge in [0.25, 0.3) is 0 Å². The Kier molecular flexibility index (Phi) is 3.37. The lowest BCUT2D eigenvalue weighted by molar-refractivity contribution is -0.320. The number of nitrogens with zero attached hydrogens (tertiary/aromatic N) is 1. The Balaban J connectivity index is 1.80. The Morgan fingerprint density at radius 3 is 2.75 bits per heavy atom. The molecule has 0 spiro atoms. The minimum atomic E-state index is -1.30. The molecule has 2 aliphatic heterocycles. The molecule has 3 N–H and O–H groups in total. The number of aliphatic hydroxyl groups is 3. The third-order valence-corrected chi connectivity index (χ3v) is 3.73. The van der Waals surface area contributed by atoms with Crippen LogP contribution in [0.5, 0.6) is 0 Å². The molecular weight excluding hydrogens is 262 g/mol. The molecule has 108 valence electrons. The van der Waals surface area contributed by atoms with Crippen LogP contribution in [0, 0.1) is 0 Å². The number of rotatable bonds is 2. The van der Waals surface area contributed by atoms with E-state index in [1.165, 1.54) is 0 Å². The van der Waals surface area contributed by atoms with Crippen LogP contribution in [0.3, 0.4) is 0 Å². The number of hydroxylamine groups is 2. The van der Waals surface area contributed by atoms with Gasteiger partial charge in [-0.25, -0.2) is 0 Å². The maximum atomic E-state index is 9.94. The maximum Gasteiger partial charge on any atom is 0.245 e. The fourth-order valence-corrected chi connectivity index (χ4v) is 2.52. The minimum absolute atomic E-state index is 0.0146. The summed E-state index contributed by atoms with van der Waals surface area (Å²) < 4.78 is 5.30. The first-order chi connectivity index (χ1) is 9.51. The zero-order chi connectivity index (χ0) is 14.3. The van der Waals surface area contributed by atoms with Gasteiger partial charge in [-0.3, -0.25) is 0 Å². The van der Waals surface area contributed by atoms with Crippen LogP contribution < -0.4 is 4.65 Å². The first-order valence-electron chi connectivity index (χ1n) is 6.50. The van der Waals surface area contributed by atoms with E-state index in [0.29, 0.717) is 0 Å². The SMILES string of the molecule is C[N+]1(O[C@H]2OC[C@@H](O)[C@@H](O)[C@@H]2O)C=Cc2ccccc21. The molecule has 2 heterocycles. The fourth-order valence-electron chi connectivity index (χ4n) is 2.52. The topological polar surface area (TPSA) is 79.2 Å². The smallest absolute Gasteiger partial charge is 0.245 e. The first-order valence-corrected chi connectivity index (χ1v) is 6.50. The van der Waals surface area contributed by atoms with Crippen LogP contribution in [0.25, 0.3) is 6.08 Å². The molecule has 5 atom stereocenters. The normalized spacial score (nSPS) is 39.8. The van der Waals surface area contributed by atoms with Crippen molar-refractivity contribution in [2.75, 3.05) is 13.7 Å². The van der Waals surface area contributed by atoms with Crippen molar-refractivity contribution in [1.82, 2.24) is 4.65 Å². The third-order valence-electron chi connectivity index (χ3n) is 3.73. The van der Waals surface area contributed by atoms with Crippen molar-refractivity contribution in [2.45, 2.75) is 24.6 Å². The summed E-state index contributed by atoms with van der Waals surface area (Å²) >= 11 is 0. The minimum Gasteiger partial charge on any atom is -0.388 e. The molecule has 0 bridgehead atoms. The fraction of sp³-hybridized carbons (Fsp3) is 0.429. The number of hydrogen-bond acceptors (Lipinski definition) is 5. The highest BCUT2D eigenvalue weighted by molar-refractivity contribution is 5.71. The summed E-state index contributed by atoms with van der Waals surface area (Å²) in [4.78, 5) is 5.80. The van der Waals surface area contributed by atoms with Crippen molar-refractivity contribution in [2.24, 2.45) is 0 Å². The third kappa shape index (κ3) is 2.16. The summed E-state index contributed by atoms with van der Waals surface area (Å²) in [6.45, 7) is -0.0751. The molecule has 1 unspecified atom stereocenters. The van der Waals surface area contributed by atoms with Crippen LogP contribution in [-0.2, 0) is 9.57 Å². The van der Waals surface area contributed by atoms with Crippen LogP contribution in [0.2, 0.25) is 0 Å². The second-order valence-electron chi connectivity index (χ2n) is 5.22. The summed E-state index contributed by atoms with van der Waals surface area (Å²) in [7, 11) is 1.82. The zero-order valence-corrected chi connectivity index (χ0v) is 11.1. The molecule has 6 nitrogen and oxygen atoms in total. The summed E-state index contributed by atoms with van der Waals surface area (Å²) in [6.07, 6.45) is -0.920. The highest BCUT2D eigenvalue weighted by atomic mass is 16.8. The highest BCUT2D eigenvalue weighted by Crippen LogP contribution is 2.35. The molecule has 6 heteroatoms. The Morgan fingerprint density at radius 1 is 1.20 bits per heavy atom. The van der Waals surface area contributed by atoms with Crippen LogP contribution in [0.15, 0.2) is 30.5 Å². The van der Waals surface area contributed by atoms with Crippen molar-refractivity contribution in [3.8, 4) is 0 Å². The van der Waals surface area contributed by atoms with E-state index in [2.05, 4.69) is 0 Å². The molecule has 0 aliphatic carbocycles. The van der Waals surface area contributed by atoms with E-state index in [4.69, 9.17) is 9.57 Å². The van der Waals surface area contributed by atoms with Gasteiger partial charge in [-0.05, 0) is 6.07 Å². The summed E-state index contributed by atoms with van der Waals surface area (Å²) in [6, 6.07) is 7.73. The average molecular weight is 280 g/mol. The molecule has 20 heavy (non-hydrogen) atoms. The van der Waals surface area contributed by atoms with Gasteiger partial charge in [0, 0.05) is 17.7 Å². The number of quaternary nitrogens is 1. The average Bonchev–Trinajstić information content (AvgIpc) is 2.78. The van der Waals surface area contributed by atoms with Crippen molar-refractivity contribution < 1.29 is 24.9 Å². The number of para-hydroxylation sites is 1. The van der Waals surface area contributed by atoms with Gasteiger partial charge in [-0.1, -0.05) is 12.1 Å². The summed E-state index contributed by atoms with van der Waals surface area (Å²) in [5.74, 6) is 0. The van der Waals surface area contributed by atoms with Crippen LogP contribution in [-0.4, -0.2) is 53.6 Å². The van der Waals surface area contributed by atoms with Crippen LogP contribution in [0.4, 0.5) is 5.69 Å². The Hall–Kier alpha value is -1.28. The zero-order valence-electron chi connectivity index (χ0n) is 11.1. The van der Waals surface area contributed by atoms with Gasteiger partial charge in [0.05, 0.1) is 6.61 Å². The Labute approximate surface area is 116 Å². The predicted octanol–water partition coefficient (Wildman–Crippen LogP) is -0.0214. The second kappa shape index (κ2) is 4.92. The molecule has 0 radical (unpaired) electrons. The molecule has 2 aliphatic rings. The van der Waals surface area contributed by atoms with Gasteiger partial charge in [-0.2, -0.15) is 4.84 Å². The number of fused-ring (bicyclic) bond motifs is 1. The second-order valence-corrected chi connectivity index (χ2v) is 5.22. The van der Waals surface area contributed by atoms with E-state index >= 15 is 0 Å². The quantitative estimate of drug-likeness (QED) is 0.664. The number of hydrogen-bond donors (Lipinski definition) is 3. The van der Waals surface area contributed by atoms with Gasteiger partial charge in [0.1, 0.15) is 31.6 Å². The van der Waals surface area contributed by atoms with Gasteiger partial charge in [0.15, 0.2) is 5.69 Å². The monoisotopic (exact) mass is 280 g/mol. The summed E-state index contributed by atoms with van der Waals surface area (Å²) in [5, 5.41) is 29.1. The molecule has 1 aromatic carbocycles. The van der Waals surface area contributed by atoms with Gasteiger partial charge in [-0.15, -0.1) is 4.65 Å². The van der Waals surface area contributed by atoms with Crippen molar-refractivity contribution >= 4 is 11.8 Å². The predicted molar refractivity (Wildman–Crippen MR) is 72.0 cm³/mol. The van der Waals surface area contributed by atoms with E-state index in [-0.39, 0.29) is 11.3 Å². The largest absolute Gasteiger partial charge is 0.388 e. The molecule has 1 aromatic rings. The van der Waals surface area contributed by atoms with Gasteiger partial charge in [0.2, 0.25) is 6.29 Å². The molecule has 3 rings (SSSR count). The van der Waals surface area contributed by atoms with Crippen LogP contribution >= 0.6 is 0 Å². The lowest BCUT2D eigenvalue weighted by Crippen LogP contribution is -2.57. The lowest BCUT2D eigenvalue weighted by atomic mass is 10.1. The highest BCUT2D eigenvalue weighted by Gasteiger charge is 2.44.